The maximum atomic E-state index is 5.33. The van der Waals surface area contributed by atoms with E-state index in [1.54, 1.807) is 0 Å². The molecule has 1 saturated heterocycles. The maximum Gasteiger partial charge on any atom is 0.227 e. The van der Waals surface area contributed by atoms with Crippen LogP contribution < -0.4 is 5.32 Å². The molecule has 1 N–H and O–H groups in total. The zero-order valence-corrected chi connectivity index (χ0v) is 11.5. The molecule has 1 aromatic heterocycles. The Labute approximate surface area is 108 Å². The molecule has 0 bridgehead atoms. The molecule has 0 spiro atoms. The molecule has 5 heteroatoms. The van der Waals surface area contributed by atoms with Crippen LogP contribution in [0.15, 0.2) is 4.52 Å². The predicted octanol–water partition coefficient (Wildman–Crippen LogP) is 1.89. The van der Waals surface area contributed by atoms with Crippen LogP contribution in [0.1, 0.15) is 51.2 Å². The van der Waals surface area contributed by atoms with Crippen molar-refractivity contribution in [1.82, 2.24) is 15.5 Å². The van der Waals surface area contributed by atoms with Crippen LogP contribution in [0, 0.1) is 0 Å². The van der Waals surface area contributed by atoms with Gasteiger partial charge in [0.05, 0.1) is 0 Å². The fraction of sp³-hybridized carbons (Fsp3) is 0.846. The van der Waals surface area contributed by atoms with Crippen molar-refractivity contribution in [1.29, 1.82) is 0 Å². The molecule has 18 heavy (non-hydrogen) atoms. The third-order valence-corrected chi connectivity index (χ3v) is 3.06. The van der Waals surface area contributed by atoms with Gasteiger partial charge in [-0.05, 0) is 33.6 Å². The van der Waals surface area contributed by atoms with Crippen molar-refractivity contribution >= 4 is 0 Å². The first kappa shape index (κ1) is 13.5. The van der Waals surface area contributed by atoms with E-state index in [1.165, 1.54) is 0 Å². The largest absolute Gasteiger partial charge is 0.381 e. The number of ether oxygens (including phenoxy) is 1. The summed E-state index contributed by atoms with van der Waals surface area (Å²) in [6, 6.07) is 0. The molecule has 1 aliphatic rings. The average molecular weight is 253 g/mol. The molecule has 5 nitrogen and oxygen atoms in total. The van der Waals surface area contributed by atoms with Crippen LogP contribution in [0.2, 0.25) is 0 Å². The molecule has 0 amide bonds. The molecular formula is C13H23N3O2. The van der Waals surface area contributed by atoms with E-state index < -0.39 is 0 Å². The topological polar surface area (TPSA) is 60.2 Å². The van der Waals surface area contributed by atoms with Crippen molar-refractivity contribution in [2.24, 2.45) is 0 Å². The number of hydrogen-bond acceptors (Lipinski definition) is 5. The van der Waals surface area contributed by atoms with Gasteiger partial charge in [0, 0.05) is 37.6 Å². The number of rotatable bonds is 4. The first-order valence-corrected chi connectivity index (χ1v) is 6.70. The van der Waals surface area contributed by atoms with Gasteiger partial charge in [-0.3, -0.25) is 0 Å². The molecule has 1 fully saturated rings. The Balaban J connectivity index is 1.82. The number of aromatic nitrogens is 2. The summed E-state index contributed by atoms with van der Waals surface area (Å²) in [7, 11) is 0. The van der Waals surface area contributed by atoms with Gasteiger partial charge >= 0.3 is 0 Å². The van der Waals surface area contributed by atoms with E-state index in [1.807, 2.05) is 0 Å². The highest BCUT2D eigenvalue weighted by molar-refractivity contribution is 4.97. The number of nitrogens with one attached hydrogen (secondary N) is 1. The maximum absolute atomic E-state index is 5.33. The Morgan fingerprint density at radius 1 is 1.28 bits per heavy atom. The first-order chi connectivity index (χ1) is 8.54. The minimum absolute atomic E-state index is 0.129. The van der Waals surface area contributed by atoms with Crippen molar-refractivity contribution in [2.75, 3.05) is 19.8 Å². The molecule has 0 unspecified atom stereocenters. The molecule has 0 saturated carbocycles. The predicted molar refractivity (Wildman–Crippen MR) is 68.6 cm³/mol. The smallest absolute Gasteiger partial charge is 0.227 e. The molecule has 1 aliphatic heterocycles. The van der Waals surface area contributed by atoms with E-state index in [4.69, 9.17) is 9.26 Å². The Kier molecular flexibility index (Phi) is 4.35. The quantitative estimate of drug-likeness (QED) is 0.888. The standard InChI is InChI=1S/C13H23N3O2/c1-13(2,3)14-7-4-11-15-12(16-18-11)10-5-8-17-9-6-10/h10,14H,4-9H2,1-3H3. The Morgan fingerprint density at radius 2 is 2.00 bits per heavy atom. The number of hydrogen-bond donors (Lipinski definition) is 1. The second-order valence-electron chi connectivity index (χ2n) is 5.86. The first-order valence-electron chi connectivity index (χ1n) is 6.70. The summed E-state index contributed by atoms with van der Waals surface area (Å²) in [6.07, 6.45) is 2.78. The minimum atomic E-state index is 0.129. The highest BCUT2D eigenvalue weighted by atomic mass is 16.5. The van der Waals surface area contributed by atoms with Crippen LogP contribution in [0.3, 0.4) is 0 Å². The molecular weight excluding hydrogens is 230 g/mol. The third kappa shape index (κ3) is 4.07. The van der Waals surface area contributed by atoms with Gasteiger partial charge in [-0.15, -0.1) is 0 Å². The summed E-state index contributed by atoms with van der Waals surface area (Å²) < 4.78 is 10.6. The molecule has 1 aromatic rings. The average Bonchev–Trinajstić information content (AvgIpc) is 2.77. The lowest BCUT2D eigenvalue weighted by Crippen LogP contribution is -2.37. The van der Waals surface area contributed by atoms with Gasteiger partial charge in [0.25, 0.3) is 0 Å². The molecule has 0 aliphatic carbocycles. The summed E-state index contributed by atoms with van der Waals surface area (Å²) in [6.45, 7) is 8.91. The van der Waals surface area contributed by atoms with Crippen molar-refractivity contribution in [3.05, 3.63) is 11.7 Å². The molecule has 2 rings (SSSR count). The minimum Gasteiger partial charge on any atom is -0.381 e. The highest BCUT2D eigenvalue weighted by Gasteiger charge is 2.21. The zero-order chi connectivity index (χ0) is 13.0. The Bertz CT molecular complexity index is 365. The van der Waals surface area contributed by atoms with Crippen LogP contribution in [0.4, 0.5) is 0 Å². The van der Waals surface area contributed by atoms with Crippen molar-refractivity contribution in [3.63, 3.8) is 0 Å². The highest BCUT2D eigenvalue weighted by Crippen LogP contribution is 2.24. The third-order valence-electron chi connectivity index (χ3n) is 3.06. The van der Waals surface area contributed by atoms with Crippen LogP contribution in [-0.2, 0) is 11.2 Å². The van der Waals surface area contributed by atoms with Gasteiger partial charge in [0.15, 0.2) is 5.82 Å². The zero-order valence-electron chi connectivity index (χ0n) is 11.5. The Hall–Kier alpha value is -0.940. The summed E-state index contributed by atoms with van der Waals surface area (Å²) in [5.74, 6) is 1.99. The van der Waals surface area contributed by atoms with E-state index in [0.29, 0.717) is 5.92 Å². The fourth-order valence-electron chi connectivity index (χ4n) is 2.04. The van der Waals surface area contributed by atoms with Crippen molar-refractivity contribution in [2.45, 2.75) is 51.5 Å². The fourth-order valence-corrected chi connectivity index (χ4v) is 2.04. The monoisotopic (exact) mass is 253 g/mol. The van der Waals surface area contributed by atoms with E-state index in [-0.39, 0.29) is 5.54 Å². The Morgan fingerprint density at radius 3 is 2.67 bits per heavy atom. The summed E-state index contributed by atoms with van der Waals surface area (Å²) in [5, 5.41) is 7.50. The molecule has 102 valence electrons. The van der Waals surface area contributed by atoms with Crippen molar-refractivity contribution in [3.8, 4) is 0 Å². The lowest BCUT2D eigenvalue weighted by molar-refractivity contribution is 0.0830. The molecule has 0 aromatic carbocycles. The van der Waals surface area contributed by atoms with Gasteiger partial charge in [-0.2, -0.15) is 4.98 Å². The molecule has 2 heterocycles. The lowest BCUT2D eigenvalue weighted by Gasteiger charge is -2.19. The van der Waals surface area contributed by atoms with Crippen LogP contribution in [-0.4, -0.2) is 35.4 Å². The summed E-state index contributed by atoms with van der Waals surface area (Å²) >= 11 is 0. The second kappa shape index (κ2) is 5.80. The van der Waals surface area contributed by atoms with Crippen LogP contribution >= 0.6 is 0 Å². The molecule has 0 radical (unpaired) electrons. The van der Waals surface area contributed by atoms with Gasteiger partial charge in [-0.25, -0.2) is 0 Å². The summed E-state index contributed by atoms with van der Waals surface area (Å²) in [4.78, 5) is 4.48. The van der Waals surface area contributed by atoms with E-state index in [0.717, 1.165) is 50.7 Å². The van der Waals surface area contributed by atoms with Gasteiger partial charge < -0.3 is 14.6 Å². The van der Waals surface area contributed by atoms with Gasteiger partial charge in [-0.1, -0.05) is 5.16 Å². The van der Waals surface area contributed by atoms with Gasteiger partial charge in [0.2, 0.25) is 5.89 Å². The van der Waals surface area contributed by atoms with Crippen molar-refractivity contribution < 1.29 is 9.26 Å². The second-order valence-corrected chi connectivity index (χ2v) is 5.86. The number of nitrogens with zero attached hydrogens (tertiary/aromatic N) is 2. The van der Waals surface area contributed by atoms with Gasteiger partial charge in [0.1, 0.15) is 0 Å². The van der Waals surface area contributed by atoms with Crippen LogP contribution in [0.5, 0.6) is 0 Å². The normalized spacial score (nSPS) is 18.2. The van der Waals surface area contributed by atoms with E-state index in [2.05, 4.69) is 36.2 Å². The summed E-state index contributed by atoms with van der Waals surface area (Å²) in [5.41, 5.74) is 0.129. The van der Waals surface area contributed by atoms with Crippen LogP contribution in [0.25, 0.3) is 0 Å². The van der Waals surface area contributed by atoms with E-state index in [9.17, 15) is 0 Å². The lowest BCUT2D eigenvalue weighted by atomic mass is 10.00. The van der Waals surface area contributed by atoms with E-state index >= 15 is 0 Å². The SMILES string of the molecule is CC(C)(C)NCCc1nc(C2CCOCC2)no1. The molecule has 0 atom stereocenters.